The maximum atomic E-state index is 12.3. The highest BCUT2D eigenvalue weighted by molar-refractivity contribution is 5.76. The second-order valence-electron chi connectivity index (χ2n) is 17.2. The lowest BCUT2D eigenvalue weighted by Gasteiger charge is -2.20. The molecule has 0 rings (SSSR count). The summed E-state index contributed by atoms with van der Waals surface area (Å²) in [5, 5.41) is 22.9. The zero-order valence-electron chi connectivity index (χ0n) is 39.0. The summed E-state index contributed by atoms with van der Waals surface area (Å²) in [6.45, 7) is 4.80. The standard InChI is InChI=1S/C53H97NO5/c1-3-5-7-9-11-13-14-15-16-17-18-21-24-27-31-35-39-43-47-53(58)59-48-44-40-36-32-28-25-22-19-20-23-26-30-34-38-42-46-52(57)54-50(49-55)51(56)45-41-37-33-29-12-10-8-6-4-2/h16-17,19,22,25,28,41,45,50-51,55-56H,3-15,18,20-21,23-24,26-27,29-40,42-44,46-49H2,1-2H3,(H,54,57)/b17-16-,22-19-,28-25-,45-41+. The van der Waals surface area contributed by atoms with Gasteiger partial charge in [0.1, 0.15) is 0 Å². The lowest BCUT2D eigenvalue weighted by molar-refractivity contribution is -0.143. The van der Waals surface area contributed by atoms with Crippen molar-refractivity contribution in [1.82, 2.24) is 5.32 Å². The van der Waals surface area contributed by atoms with Crippen LogP contribution in [0.15, 0.2) is 48.6 Å². The highest BCUT2D eigenvalue weighted by atomic mass is 16.5. The SMILES string of the molecule is CCCCCCCCC/C=C\CCCCCCCCCC(=O)OCCCCC/C=C\C=C/CCCCCCCCC(=O)NC(CO)C(O)/C=C/CCCCCCCCC. The Hall–Kier alpha value is -2.18. The van der Waals surface area contributed by atoms with Crippen molar-refractivity contribution in [2.24, 2.45) is 0 Å². The van der Waals surface area contributed by atoms with Gasteiger partial charge in [-0.05, 0) is 89.9 Å². The topological polar surface area (TPSA) is 95.9 Å². The number of hydrogen-bond donors (Lipinski definition) is 3. The van der Waals surface area contributed by atoms with Crippen LogP contribution in [0, 0.1) is 0 Å². The highest BCUT2D eigenvalue weighted by Gasteiger charge is 2.18. The third-order valence-corrected chi connectivity index (χ3v) is 11.3. The summed E-state index contributed by atoms with van der Waals surface area (Å²) >= 11 is 0. The molecule has 0 aliphatic carbocycles. The molecule has 2 unspecified atom stereocenters. The minimum Gasteiger partial charge on any atom is -0.466 e. The van der Waals surface area contributed by atoms with E-state index in [1.165, 1.54) is 148 Å². The first-order chi connectivity index (χ1) is 29.0. The number of ether oxygens (including phenoxy) is 1. The number of hydrogen-bond acceptors (Lipinski definition) is 5. The average Bonchev–Trinajstić information content (AvgIpc) is 3.24. The van der Waals surface area contributed by atoms with Crippen LogP contribution in [0.25, 0.3) is 0 Å². The number of unbranched alkanes of at least 4 members (excludes halogenated alkanes) is 30. The summed E-state index contributed by atoms with van der Waals surface area (Å²) in [7, 11) is 0. The third kappa shape index (κ3) is 45.2. The van der Waals surface area contributed by atoms with E-state index in [1.807, 2.05) is 6.08 Å². The van der Waals surface area contributed by atoms with Crippen LogP contribution in [0.3, 0.4) is 0 Å². The molecule has 0 heterocycles. The molecule has 59 heavy (non-hydrogen) atoms. The van der Waals surface area contributed by atoms with Crippen molar-refractivity contribution in [1.29, 1.82) is 0 Å². The predicted octanol–water partition coefficient (Wildman–Crippen LogP) is 15.1. The van der Waals surface area contributed by atoms with Gasteiger partial charge in [-0.25, -0.2) is 0 Å². The normalized spacial score (nSPS) is 13.1. The van der Waals surface area contributed by atoms with E-state index < -0.39 is 12.1 Å². The Bertz CT molecular complexity index is 1000. The minimum absolute atomic E-state index is 0.0271. The van der Waals surface area contributed by atoms with Gasteiger partial charge in [-0.2, -0.15) is 0 Å². The van der Waals surface area contributed by atoms with Crippen LogP contribution < -0.4 is 5.32 Å². The zero-order chi connectivity index (χ0) is 43.0. The molecule has 0 spiro atoms. The number of aliphatic hydroxyl groups excluding tert-OH is 2. The van der Waals surface area contributed by atoms with Crippen LogP contribution in [0.1, 0.15) is 251 Å². The Balaban J connectivity index is 3.52. The van der Waals surface area contributed by atoms with E-state index in [2.05, 4.69) is 55.6 Å². The van der Waals surface area contributed by atoms with Crippen LogP contribution in [0.5, 0.6) is 0 Å². The monoisotopic (exact) mass is 828 g/mol. The van der Waals surface area contributed by atoms with Crippen molar-refractivity contribution in [3.63, 3.8) is 0 Å². The molecule has 6 nitrogen and oxygen atoms in total. The van der Waals surface area contributed by atoms with Crippen LogP contribution in [0.2, 0.25) is 0 Å². The quantitative estimate of drug-likeness (QED) is 0.0246. The average molecular weight is 828 g/mol. The maximum Gasteiger partial charge on any atom is 0.305 e. The molecule has 0 aliphatic heterocycles. The summed E-state index contributed by atoms with van der Waals surface area (Å²) < 4.78 is 5.45. The Morgan fingerprint density at radius 2 is 0.847 bits per heavy atom. The Morgan fingerprint density at radius 3 is 1.31 bits per heavy atom. The Morgan fingerprint density at radius 1 is 0.475 bits per heavy atom. The summed E-state index contributed by atoms with van der Waals surface area (Å²) in [6, 6.07) is -0.643. The minimum atomic E-state index is -0.857. The Kier molecular flexibility index (Phi) is 46.7. The molecule has 0 radical (unpaired) electrons. The van der Waals surface area contributed by atoms with Crippen molar-refractivity contribution in [2.75, 3.05) is 13.2 Å². The molecular formula is C53H97NO5. The van der Waals surface area contributed by atoms with Gasteiger partial charge in [0.15, 0.2) is 0 Å². The van der Waals surface area contributed by atoms with Gasteiger partial charge in [0.2, 0.25) is 5.91 Å². The molecule has 0 fully saturated rings. The number of rotatable bonds is 46. The number of aliphatic hydroxyl groups is 2. The fourth-order valence-electron chi connectivity index (χ4n) is 7.38. The summed E-state index contributed by atoms with van der Waals surface area (Å²) in [5.74, 6) is -0.122. The Labute approximate surface area is 366 Å². The number of esters is 1. The smallest absolute Gasteiger partial charge is 0.305 e. The van der Waals surface area contributed by atoms with E-state index in [0.29, 0.717) is 19.4 Å². The molecule has 2 atom stereocenters. The van der Waals surface area contributed by atoms with E-state index in [4.69, 9.17) is 4.74 Å². The molecule has 0 aromatic rings. The van der Waals surface area contributed by atoms with Crippen LogP contribution in [-0.4, -0.2) is 47.4 Å². The fourth-order valence-corrected chi connectivity index (χ4v) is 7.38. The zero-order valence-corrected chi connectivity index (χ0v) is 39.0. The number of carbonyl (C=O) groups is 2. The van der Waals surface area contributed by atoms with E-state index in [1.54, 1.807) is 6.08 Å². The molecule has 0 aliphatic rings. The third-order valence-electron chi connectivity index (χ3n) is 11.3. The number of amides is 1. The molecule has 0 aromatic heterocycles. The summed E-state index contributed by atoms with van der Waals surface area (Å²) in [4.78, 5) is 24.4. The maximum absolute atomic E-state index is 12.3. The molecule has 0 saturated carbocycles. The van der Waals surface area contributed by atoms with Gasteiger partial charge < -0.3 is 20.3 Å². The lowest BCUT2D eigenvalue weighted by Crippen LogP contribution is -2.45. The van der Waals surface area contributed by atoms with Gasteiger partial charge in [-0.3, -0.25) is 9.59 Å². The van der Waals surface area contributed by atoms with E-state index in [-0.39, 0.29) is 18.5 Å². The van der Waals surface area contributed by atoms with E-state index >= 15 is 0 Å². The summed E-state index contributed by atoms with van der Waals surface area (Å²) in [6.07, 6.45) is 59.8. The van der Waals surface area contributed by atoms with Crippen LogP contribution in [0.4, 0.5) is 0 Å². The van der Waals surface area contributed by atoms with E-state index in [0.717, 1.165) is 77.0 Å². The molecule has 0 bridgehead atoms. The van der Waals surface area contributed by atoms with Gasteiger partial charge in [0.05, 0.1) is 25.4 Å². The van der Waals surface area contributed by atoms with Crippen LogP contribution >= 0.6 is 0 Å². The molecule has 344 valence electrons. The first-order valence-electron chi connectivity index (χ1n) is 25.4. The first-order valence-corrected chi connectivity index (χ1v) is 25.4. The first kappa shape index (κ1) is 56.8. The second kappa shape index (κ2) is 48.5. The molecule has 6 heteroatoms. The molecule has 0 saturated heterocycles. The number of allylic oxidation sites excluding steroid dienone is 7. The highest BCUT2D eigenvalue weighted by Crippen LogP contribution is 2.14. The predicted molar refractivity (Wildman–Crippen MR) is 255 cm³/mol. The van der Waals surface area contributed by atoms with Crippen molar-refractivity contribution in [2.45, 2.75) is 264 Å². The summed E-state index contributed by atoms with van der Waals surface area (Å²) in [5.41, 5.74) is 0. The lowest BCUT2D eigenvalue weighted by atomic mass is 10.1. The molecule has 3 N–H and O–H groups in total. The van der Waals surface area contributed by atoms with Gasteiger partial charge in [0.25, 0.3) is 0 Å². The number of carbonyl (C=O) groups excluding carboxylic acids is 2. The molecular weight excluding hydrogens is 731 g/mol. The molecule has 0 aromatic carbocycles. The van der Waals surface area contributed by atoms with Gasteiger partial charge in [-0.1, -0.05) is 197 Å². The van der Waals surface area contributed by atoms with Crippen molar-refractivity contribution in [3.05, 3.63) is 48.6 Å². The largest absolute Gasteiger partial charge is 0.466 e. The van der Waals surface area contributed by atoms with Crippen molar-refractivity contribution in [3.8, 4) is 0 Å². The van der Waals surface area contributed by atoms with Gasteiger partial charge in [-0.15, -0.1) is 0 Å². The fraction of sp³-hybridized carbons (Fsp3) is 0.811. The van der Waals surface area contributed by atoms with Crippen molar-refractivity contribution < 1.29 is 24.5 Å². The van der Waals surface area contributed by atoms with Crippen molar-refractivity contribution >= 4 is 11.9 Å². The van der Waals surface area contributed by atoms with Gasteiger partial charge in [0, 0.05) is 12.8 Å². The number of nitrogens with one attached hydrogen (secondary N) is 1. The van der Waals surface area contributed by atoms with Crippen LogP contribution in [-0.2, 0) is 14.3 Å². The van der Waals surface area contributed by atoms with Gasteiger partial charge >= 0.3 is 5.97 Å². The molecule has 1 amide bonds. The second-order valence-corrected chi connectivity index (χ2v) is 17.2. The van der Waals surface area contributed by atoms with E-state index in [9.17, 15) is 19.8 Å².